The summed E-state index contributed by atoms with van der Waals surface area (Å²) in [5.41, 5.74) is 12.5. The number of para-hydroxylation sites is 1. The van der Waals surface area contributed by atoms with Crippen molar-refractivity contribution in [1.82, 2.24) is 15.0 Å². The van der Waals surface area contributed by atoms with Crippen LogP contribution in [0.1, 0.15) is 0 Å². The van der Waals surface area contributed by atoms with Crippen LogP contribution in [-0.2, 0) is 0 Å². The highest BCUT2D eigenvalue weighted by Gasteiger charge is 2.19. The van der Waals surface area contributed by atoms with Gasteiger partial charge in [-0.25, -0.2) is 15.0 Å². The van der Waals surface area contributed by atoms with Crippen LogP contribution in [0.3, 0.4) is 0 Å². The maximum atomic E-state index is 5.40. The van der Waals surface area contributed by atoms with E-state index in [1.165, 1.54) is 37.9 Å². The molecule has 306 valence electrons. The molecule has 0 atom stereocenters. The van der Waals surface area contributed by atoms with Crippen molar-refractivity contribution in [3.8, 4) is 67.4 Å². The Morgan fingerprint density at radius 2 is 0.788 bits per heavy atom. The lowest BCUT2D eigenvalue weighted by molar-refractivity contribution is 1.19. The standard InChI is InChI=1S/C63H39N3/c1-2-18-43-37-48(34-33-40(43)15-1)62-57-38-56(51-27-7-8-28-53(51)61(57)55-29-9-10-32-58(55)64-62)46-23-11-21-44(35-46)45-22-12-24-47(36-45)59-39-60(52-30-13-19-41-16-3-5-25-49(41)52)66-63(65-59)54-31-14-20-42-17-4-6-26-50(42)54/h1-39H. The fourth-order valence-corrected chi connectivity index (χ4v) is 10.1. The summed E-state index contributed by atoms with van der Waals surface area (Å²) in [6.07, 6.45) is 0. The second-order valence-corrected chi connectivity index (χ2v) is 17.1. The Balaban J connectivity index is 0.976. The molecule has 0 aliphatic heterocycles. The lowest BCUT2D eigenvalue weighted by Gasteiger charge is -2.17. The first-order valence-corrected chi connectivity index (χ1v) is 22.5. The zero-order chi connectivity index (χ0) is 43.6. The Kier molecular flexibility index (Phi) is 8.85. The summed E-state index contributed by atoms with van der Waals surface area (Å²) in [6.45, 7) is 0. The van der Waals surface area contributed by atoms with Gasteiger partial charge in [-0.2, -0.15) is 0 Å². The number of rotatable bonds is 6. The lowest BCUT2D eigenvalue weighted by atomic mass is 9.89. The molecule has 0 N–H and O–H groups in total. The topological polar surface area (TPSA) is 38.7 Å². The maximum Gasteiger partial charge on any atom is 0.161 e. The van der Waals surface area contributed by atoms with Gasteiger partial charge in [0, 0.05) is 38.4 Å². The van der Waals surface area contributed by atoms with E-state index in [-0.39, 0.29) is 0 Å². The molecule has 0 aliphatic rings. The first-order chi connectivity index (χ1) is 32.7. The molecular formula is C63H39N3. The van der Waals surface area contributed by atoms with Gasteiger partial charge in [-0.15, -0.1) is 0 Å². The summed E-state index contributed by atoms with van der Waals surface area (Å²) in [7, 11) is 0. The number of benzene rings is 11. The molecule has 0 unspecified atom stereocenters. The molecule has 11 aromatic carbocycles. The number of pyridine rings is 1. The van der Waals surface area contributed by atoms with Crippen molar-refractivity contribution in [3.05, 3.63) is 237 Å². The highest BCUT2D eigenvalue weighted by Crippen LogP contribution is 2.43. The van der Waals surface area contributed by atoms with Crippen LogP contribution in [0, 0.1) is 0 Å². The number of hydrogen-bond donors (Lipinski definition) is 0. The second kappa shape index (κ2) is 15.5. The Bertz CT molecular complexity index is 3970. The average Bonchev–Trinajstić information content (AvgIpc) is 3.39. The first kappa shape index (κ1) is 37.7. The summed E-state index contributed by atoms with van der Waals surface area (Å²) in [5, 5.41) is 13.0. The molecule has 3 heteroatoms. The molecule has 0 spiro atoms. The van der Waals surface area contributed by atoms with Crippen LogP contribution in [0.2, 0.25) is 0 Å². The van der Waals surface area contributed by atoms with Gasteiger partial charge in [0.25, 0.3) is 0 Å². The molecule has 0 amide bonds. The van der Waals surface area contributed by atoms with E-state index in [0.717, 1.165) is 88.5 Å². The van der Waals surface area contributed by atoms with E-state index in [2.05, 4.69) is 237 Å². The first-order valence-electron chi connectivity index (χ1n) is 22.5. The van der Waals surface area contributed by atoms with Crippen molar-refractivity contribution in [2.24, 2.45) is 0 Å². The van der Waals surface area contributed by atoms with E-state index in [9.17, 15) is 0 Å². The molecule has 3 nitrogen and oxygen atoms in total. The van der Waals surface area contributed by atoms with E-state index in [0.29, 0.717) is 5.82 Å². The average molecular weight is 838 g/mol. The molecule has 66 heavy (non-hydrogen) atoms. The smallest absolute Gasteiger partial charge is 0.161 e. The molecule has 2 heterocycles. The molecule has 0 fully saturated rings. The number of nitrogens with zero attached hydrogens (tertiary/aromatic N) is 3. The third kappa shape index (κ3) is 6.40. The van der Waals surface area contributed by atoms with Crippen molar-refractivity contribution < 1.29 is 0 Å². The van der Waals surface area contributed by atoms with Crippen LogP contribution in [-0.4, -0.2) is 15.0 Å². The van der Waals surface area contributed by atoms with Crippen LogP contribution in [0.15, 0.2) is 237 Å². The molecule has 0 radical (unpaired) electrons. The van der Waals surface area contributed by atoms with E-state index < -0.39 is 0 Å². The molecular weight excluding hydrogens is 799 g/mol. The maximum absolute atomic E-state index is 5.40. The van der Waals surface area contributed by atoms with Crippen LogP contribution < -0.4 is 0 Å². The largest absolute Gasteiger partial charge is 0.247 e. The SMILES string of the molecule is c1cc(-c2cccc(-c3cc4c(-c5ccc6ccccc6c5)nc5ccccc5c4c4ccccc34)c2)cc(-c2cc(-c3cccc4ccccc34)nc(-c3cccc4ccccc34)n2)c1. The molecule has 13 rings (SSSR count). The van der Waals surface area contributed by atoms with E-state index in [1.807, 2.05) is 0 Å². The number of hydrogen-bond acceptors (Lipinski definition) is 3. The Labute approximate surface area is 382 Å². The van der Waals surface area contributed by atoms with Gasteiger partial charge in [0.15, 0.2) is 5.82 Å². The second-order valence-electron chi connectivity index (χ2n) is 17.1. The number of fused-ring (bicyclic) bond motifs is 8. The van der Waals surface area contributed by atoms with Gasteiger partial charge in [-0.1, -0.05) is 200 Å². The Morgan fingerprint density at radius 3 is 1.56 bits per heavy atom. The van der Waals surface area contributed by atoms with Crippen molar-refractivity contribution in [3.63, 3.8) is 0 Å². The van der Waals surface area contributed by atoms with E-state index in [1.54, 1.807) is 0 Å². The van der Waals surface area contributed by atoms with Crippen LogP contribution in [0.4, 0.5) is 0 Å². The summed E-state index contributed by atoms with van der Waals surface area (Å²) >= 11 is 0. The molecule has 13 aromatic rings. The van der Waals surface area contributed by atoms with Gasteiger partial charge in [0.05, 0.1) is 22.6 Å². The normalized spacial score (nSPS) is 11.6. The Morgan fingerprint density at radius 1 is 0.242 bits per heavy atom. The van der Waals surface area contributed by atoms with Gasteiger partial charge in [0.1, 0.15) is 0 Å². The minimum absolute atomic E-state index is 0.702. The summed E-state index contributed by atoms with van der Waals surface area (Å²) in [6, 6.07) is 84.8. The third-order valence-corrected chi connectivity index (χ3v) is 13.2. The van der Waals surface area contributed by atoms with Crippen molar-refractivity contribution in [1.29, 1.82) is 0 Å². The Hall–Kier alpha value is -8.79. The fourth-order valence-electron chi connectivity index (χ4n) is 10.1. The van der Waals surface area contributed by atoms with Gasteiger partial charge < -0.3 is 0 Å². The van der Waals surface area contributed by atoms with Crippen LogP contribution >= 0.6 is 0 Å². The number of aromatic nitrogens is 3. The fraction of sp³-hybridized carbons (Fsp3) is 0. The predicted molar refractivity (Wildman–Crippen MR) is 277 cm³/mol. The quantitative estimate of drug-likeness (QED) is 0.157. The minimum Gasteiger partial charge on any atom is -0.247 e. The van der Waals surface area contributed by atoms with Gasteiger partial charge >= 0.3 is 0 Å². The molecule has 2 aromatic heterocycles. The van der Waals surface area contributed by atoms with Gasteiger partial charge in [-0.05, 0) is 102 Å². The zero-order valence-electron chi connectivity index (χ0n) is 35.9. The lowest BCUT2D eigenvalue weighted by Crippen LogP contribution is -1.97. The van der Waals surface area contributed by atoms with Crippen molar-refractivity contribution in [2.75, 3.05) is 0 Å². The van der Waals surface area contributed by atoms with Crippen molar-refractivity contribution in [2.45, 2.75) is 0 Å². The summed E-state index contributed by atoms with van der Waals surface area (Å²) in [5.74, 6) is 0.702. The molecule has 0 saturated carbocycles. The monoisotopic (exact) mass is 837 g/mol. The summed E-state index contributed by atoms with van der Waals surface area (Å²) in [4.78, 5) is 16.1. The molecule has 0 saturated heterocycles. The highest BCUT2D eigenvalue weighted by atomic mass is 14.9. The van der Waals surface area contributed by atoms with Crippen molar-refractivity contribution >= 4 is 64.8 Å². The van der Waals surface area contributed by atoms with Crippen LogP contribution in [0.25, 0.3) is 132 Å². The molecule has 0 bridgehead atoms. The molecule has 0 aliphatic carbocycles. The minimum atomic E-state index is 0.702. The van der Waals surface area contributed by atoms with E-state index >= 15 is 0 Å². The summed E-state index contributed by atoms with van der Waals surface area (Å²) < 4.78 is 0. The zero-order valence-corrected chi connectivity index (χ0v) is 35.9. The van der Waals surface area contributed by atoms with Gasteiger partial charge in [0.2, 0.25) is 0 Å². The highest BCUT2D eigenvalue weighted by molar-refractivity contribution is 6.25. The van der Waals surface area contributed by atoms with E-state index in [4.69, 9.17) is 15.0 Å². The predicted octanol–water partition coefficient (Wildman–Crippen LogP) is 16.8. The van der Waals surface area contributed by atoms with Crippen LogP contribution in [0.5, 0.6) is 0 Å². The third-order valence-electron chi connectivity index (χ3n) is 13.2. The van der Waals surface area contributed by atoms with Gasteiger partial charge in [-0.3, -0.25) is 0 Å².